The van der Waals surface area contributed by atoms with E-state index in [-0.39, 0.29) is 12.3 Å². The fourth-order valence-electron chi connectivity index (χ4n) is 12.4. The lowest BCUT2D eigenvalue weighted by molar-refractivity contribution is -0.386. The molecule has 22 atom stereocenters. The minimum atomic E-state index is -2.09. The second-order valence-electron chi connectivity index (χ2n) is 25.7. The van der Waals surface area contributed by atoms with Gasteiger partial charge >= 0.3 is 0 Å². The van der Waals surface area contributed by atoms with E-state index < -0.39 is 174 Å². The molecular weight excluding hydrogens is 1190 g/mol. The van der Waals surface area contributed by atoms with Crippen molar-refractivity contribution in [3.8, 4) is 0 Å². The molecule has 0 aromatic carbocycles. The van der Waals surface area contributed by atoms with Crippen molar-refractivity contribution in [3.05, 3.63) is 12.2 Å². The third-order valence-electron chi connectivity index (χ3n) is 18.1. The molecule has 0 bridgehead atoms. The van der Waals surface area contributed by atoms with Gasteiger partial charge in [0.1, 0.15) is 97.6 Å². The zero-order valence-electron chi connectivity index (χ0n) is 54.9. The Morgan fingerprint density at radius 3 is 1.25 bits per heavy atom. The second-order valence-corrected chi connectivity index (χ2v) is 25.7. The summed E-state index contributed by atoms with van der Waals surface area (Å²) >= 11 is 0. The number of aliphatic hydroxyl groups is 13. The predicted octanol–water partition coefficient (Wildman–Crippen LogP) is 3.34. The van der Waals surface area contributed by atoms with Crippen LogP contribution in [0, 0.1) is 0 Å². The van der Waals surface area contributed by atoms with E-state index in [0.717, 1.165) is 45.4 Å². The van der Waals surface area contributed by atoms with Crippen LogP contribution in [0.15, 0.2) is 12.2 Å². The Bertz CT molecular complexity index is 1900. The number of aliphatic hydroxyl groups excluding tert-OH is 13. The topological polar surface area (TPSA) is 395 Å². The van der Waals surface area contributed by atoms with Gasteiger partial charge in [-0.15, -0.1) is 0 Å². The highest BCUT2D eigenvalue weighted by Crippen LogP contribution is 2.35. The van der Waals surface area contributed by atoms with Crippen LogP contribution in [-0.4, -0.2) is 246 Å². The first-order chi connectivity index (χ1) is 44.0. The number of amides is 2. The molecule has 0 aromatic heterocycles. The monoisotopic (exact) mass is 1310 g/mol. The van der Waals surface area contributed by atoms with E-state index in [2.05, 4.69) is 24.5 Å². The van der Waals surface area contributed by atoms with Crippen LogP contribution in [0.5, 0.6) is 0 Å². The van der Waals surface area contributed by atoms with Gasteiger partial charge in [-0.1, -0.05) is 206 Å². The van der Waals surface area contributed by atoms with Gasteiger partial charge in [-0.3, -0.25) is 9.59 Å². The summed E-state index contributed by atoms with van der Waals surface area (Å²) in [5.41, 5.74) is 0. The van der Waals surface area contributed by atoms with Crippen LogP contribution in [0.1, 0.15) is 226 Å². The lowest BCUT2D eigenvalue weighted by Gasteiger charge is -2.49. The first-order valence-electron chi connectivity index (χ1n) is 34.9. The fourth-order valence-corrected chi connectivity index (χ4v) is 12.4. The molecule has 0 saturated carbocycles. The quantitative estimate of drug-likeness (QED) is 0.0307. The summed E-state index contributed by atoms with van der Waals surface area (Å²) < 4.78 is 46.5. The molecule has 4 heterocycles. The summed E-state index contributed by atoms with van der Waals surface area (Å²) in [6.45, 7) is 1.64. The highest BCUT2D eigenvalue weighted by atomic mass is 16.8. The van der Waals surface area contributed by atoms with Gasteiger partial charge in [-0.05, 0) is 19.3 Å². The van der Waals surface area contributed by atoms with Crippen molar-refractivity contribution in [1.29, 1.82) is 0 Å². The van der Waals surface area contributed by atoms with Gasteiger partial charge < -0.3 is 115 Å². The Morgan fingerprint density at radius 1 is 0.429 bits per heavy atom. The van der Waals surface area contributed by atoms with E-state index >= 15 is 0 Å². The molecular formula is C66H122N2O23. The Kier molecular flexibility index (Phi) is 41.9. The van der Waals surface area contributed by atoms with E-state index in [9.17, 15) is 76.0 Å². The van der Waals surface area contributed by atoms with E-state index in [1.54, 1.807) is 6.08 Å². The molecule has 0 aliphatic carbocycles. The number of allylic oxidation sites excluding steroid dienone is 1. The SMILES string of the molecule is CCCCCCCCCCCCC/C=C/[C@@H](O)[C@H](CO[C@@H]1OC(CO)[C@@H](O[C@@H]2OC(CO)[C@H](O[C@@H]3OC(CO)[C@H](O)[C@H](O[C@@H]4OC(CO)[C@@H](O)[C@H](O)C4NC(C)=O)C3O)[C@H](O)C2O)[C@H](O)C1O)NC(=O)CCCCCCCCCCCCCCCCCCCCC. The molecule has 4 aliphatic rings. The van der Waals surface area contributed by atoms with Crippen LogP contribution in [0.2, 0.25) is 0 Å². The first-order valence-corrected chi connectivity index (χ1v) is 34.9. The normalized spacial score (nSPS) is 32.9. The maximum atomic E-state index is 13.4. The van der Waals surface area contributed by atoms with Gasteiger partial charge in [0.25, 0.3) is 0 Å². The standard InChI is InChI=1S/C66H122N2O23/c1-4-6-8-10-12-14-16-18-19-20-21-22-23-25-27-29-31-33-35-37-50(75)68-44(45(74)36-34-32-30-28-26-24-17-15-13-11-9-7-5-2)42-84-64-57(81)55(79)60(48(40-71)87-64)89-65-58(82)56(80)61(49(41-72)88-65)90-66-59(83)62(53(77)47(39-70)86-66)91-63-51(67-43(3)73)54(78)52(76)46(38-69)85-63/h34,36,44-49,51-66,69-72,74,76-83H,4-33,35,37-42H2,1-3H3,(H,67,73)(H,68,75)/b36-34+/t44-,45+,46?,47?,48?,49?,51?,52+,53-,54+,55+,56+,57?,58?,59?,60+,61-,62-,63-,64+,65-,66-/m0/s1. The van der Waals surface area contributed by atoms with Crippen LogP contribution < -0.4 is 10.6 Å². The number of nitrogens with one attached hydrogen (secondary N) is 2. The van der Waals surface area contributed by atoms with Gasteiger partial charge in [-0.25, -0.2) is 0 Å². The summed E-state index contributed by atoms with van der Waals surface area (Å²) in [6, 6.07) is -2.53. The van der Waals surface area contributed by atoms with Gasteiger partial charge in [0.2, 0.25) is 11.8 Å². The molecule has 4 fully saturated rings. The Balaban J connectivity index is 1.31. The van der Waals surface area contributed by atoms with Crippen LogP contribution >= 0.6 is 0 Å². The van der Waals surface area contributed by atoms with Crippen molar-refractivity contribution in [2.45, 2.75) is 361 Å². The zero-order valence-corrected chi connectivity index (χ0v) is 54.9. The van der Waals surface area contributed by atoms with E-state index in [0.29, 0.717) is 12.8 Å². The molecule has 0 spiro atoms. The molecule has 15 N–H and O–H groups in total. The van der Waals surface area contributed by atoms with Crippen molar-refractivity contribution in [2.75, 3.05) is 33.0 Å². The number of carbonyl (C=O) groups is 2. The van der Waals surface area contributed by atoms with Crippen molar-refractivity contribution in [2.24, 2.45) is 0 Å². The molecule has 0 radical (unpaired) electrons. The lowest BCUT2D eigenvalue weighted by Crippen LogP contribution is -2.69. The highest BCUT2D eigenvalue weighted by Gasteiger charge is 2.56. The predicted molar refractivity (Wildman–Crippen MR) is 335 cm³/mol. The van der Waals surface area contributed by atoms with E-state index in [1.807, 2.05) is 6.08 Å². The fraction of sp³-hybridized carbons (Fsp3) is 0.939. The van der Waals surface area contributed by atoms with E-state index in [1.165, 1.54) is 148 Å². The molecule has 25 nitrogen and oxygen atoms in total. The second kappa shape index (κ2) is 46.9. The summed E-state index contributed by atoms with van der Waals surface area (Å²) in [4.78, 5) is 25.5. The summed E-state index contributed by atoms with van der Waals surface area (Å²) in [6.07, 6.45) is 5.61. The van der Waals surface area contributed by atoms with Crippen molar-refractivity contribution in [3.63, 3.8) is 0 Å². The van der Waals surface area contributed by atoms with Crippen LogP contribution in [0.25, 0.3) is 0 Å². The largest absolute Gasteiger partial charge is 0.394 e. The molecule has 534 valence electrons. The summed E-state index contributed by atoms with van der Waals surface area (Å²) in [5, 5.41) is 147. The van der Waals surface area contributed by atoms with E-state index in [4.69, 9.17) is 37.9 Å². The molecule has 4 aliphatic heterocycles. The molecule has 4 rings (SSSR count). The number of ether oxygens (including phenoxy) is 8. The summed E-state index contributed by atoms with van der Waals surface area (Å²) in [5.74, 6) is -1.00. The molecule has 91 heavy (non-hydrogen) atoms. The van der Waals surface area contributed by atoms with Gasteiger partial charge in [0.05, 0.1) is 45.2 Å². The number of hydrogen-bond acceptors (Lipinski definition) is 23. The lowest BCUT2D eigenvalue weighted by atomic mass is 9.95. The molecule has 4 saturated heterocycles. The molecule has 8 unspecified atom stereocenters. The van der Waals surface area contributed by atoms with Crippen LogP contribution in [0.4, 0.5) is 0 Å². The third-order valence-corrected chi connectivity index (χ3v) is 18.1. The zero-order chi connectivity index (χ0) is 66.5. The number of carbonyl (C=O) groups excluding carboxylic acids is 2. The van der Waals surface area contributed by atoms with Gasteiger partial charge in [-0.2, -0.15) is 0 Å². The molecule has 0 aromatic rings. The average molecular weight is 1310 g/mol. The van der Waals surface area contributed by atoms with Crippen LogP contribution in [0.3, 0.4) is 0 Å². The molecule has 2 amide bonds. The first kappa shape index (κ1) is 81.3. The van der Waals surface area contributed by atoms with Gasteiger partial charge in [0.15, 0.2) is 25.2 Å². The van der Waals surface area contributed by atoms with Crippen molar-refractivity contribution < 1.29 is 114 Å². The maximum absolute atomic E-state index is 13.4. The summed E-state index contributed by atoms with van der Waals surface area (Å²) in [7, 11) is 0. The highest BCUT2D eigenvalue weighted by molar-refractivity contribution is 5.76. The third kappa shape index (κ3) is 28.4. The number of hydrogen-bond donors (Lipinski definition) is 15. The molecule has 25 heteroatoms. The minimum Gasteiger partial charge on any atom is -0.394 e. The minimum absolute atomic E-state index is 0.219. The maximum Gasteiger partial charge on any atom is 0.220 e. The van der Waals surface area contributed by atoms with Crippen molar-refractivity contribution in [1.82, 2.24) is 10.6 Å². The number of unbranched alkanes of at least 4 members (excludes halogenated alkanes) is 29. The smallest absolute Gasteiger partial charge is 0.220 e. The number of rotatable bonds is 49. The van der Waals surface area contributed by atoms with Crippen LogP contribution in [-0.2, 0) is 47.5 Å². The Hall–Kier alpha value is -2.16. The average Bonchev–Trinajstić information content (AvgIpc) is 0.859. The van der Waals surface area contributed by atoms with Gasteiger partial charge in [0, 0.05) is 13.3 Å². The Morgan fingerprint density at radius 2 is 0.802 bits per heavy atom. The Labute approximate surface area is 540 Å². The van der Waals surface area contributed by atoms with Crippen molar-refractivity contribution >= 4 is 11.8 Å².